The molecule has 19 heavy (non-hydrogen) atoms. The number of nitrogens with two attached hydrogens (primary N) is 1. The van der Waals surface area contributed by atoms with Gasteiger partial charge in [0, 0.05) is 11.8 Å². The molecule has 0 radical (unpaired) electrons. The molecule has 0 aliphatic rings. The van der Waals surface area contributed by atoms with E-state index in [1.165, 1.54) is 6.08 Å². The van der Waals surface area contributed by atoms with Gasteiger partial charge in [-0.2, -0.15) is 0 Å². The van der Waals surface area contributed by atoms with E-state index in [2.05, 4.69) is 5.32 Å². The van der Waals surface area contributed by atoms with Crippen molar-refractivity contribution in [2.75, 3.05) is 5.73 Å². The number of carbonyl (C=O) groups excluding carboxylic acids is 1. The van der Waals surface area contributed by atoms with Crippen molar-refractivity contribution < 1.29 is 9.21 Å². The molecule has 0 fully saturated rings. The lowest BCUT2D eigenvalue weighted by atomic mass is 10.2. The van der Waals surface area contributed by atoms with Gasteiger partial charge in [0.15, 0.2) is 0 Å². The Labute approximate surface area is 111 Å². The van der Waals surface area contributed by atoms with Gasteiger partial charge in [-0.05, 0) is 42.8 Å². The zero-order valence-electron chi connectivity index (χ0n) is 10.7. The largest absolute Gasteiger partial charge is 0.467 e. The summed E-state index contributed by atoms with van der Waals surface area (Å²) in [5.74, 6) is 0.553. The number of amides is 1. The van der Waals surface area contributed by atoms with Crippen molar-refractivity contribution in [3.63, 3.8) is 0 Å². The zero-order valence-corrected chi connectivity index (χ0v) is 10.7. The molecule has 0 unspecified atom stereocenters. The average Bonchev–Trinajstić information content (AvgIpc) is 2.90. The molecule has 1 heterocycles. The van der Waals surface area contributed by atoms with E-state index in [0.717, 1.165) is 11.3 Å². The molecule has 4 heteroatoms. The van der Waals surface area contributed by atoms with Crippen LogP contribution in [0.3, 0.4) is 0 Å². The van der Waals surface area contributed by atoms with Gasteiger partial charge in [-0.15, -0.1) is 0 Å². The van der Waals surface area contributed by atoms with E-state index in [-0.39, 0.29) is 11.9 Å². The molecule has 2 aromatic rings. The van der Waals surface area contributed by atoms with E-state index in [4.69, 9.17) is 10.2 Å². The number of hydrogen-bond acceptors (Lipinski definition) is 3. The molecule has 4 nitrogen and oxygen atoms in total. The molecule has 0 aliphatic heterocycles. The van der Waals surface area contributed by atoms with E-state index in [0.29, 0.717) is 5.69 Å². The fourth-order valence-corrected chi connectivity index (χ4v) is 1.70. The third-order valence-electron chi connectivity index (χ3n) is 2.67. The molecule has 0 saturated heterocycles. The molecule has 0 bridgehead atoms. The Morgan fingerprint density at radius 3 is 2.89 bits per heavy atom. The Morgan fingerprint density at radius 2 is 2.21 bits per heavy atom. The van der Waals surface area contributed by atoms with Gasteiger partial charge in [-0.1, -0.05) is 12.1 Å². The molecule has 0 saturated carbocycles. The van der Waals surface area contributed by atoms with Crippen LogP contribution in [0.5, 0.6) is 0 Å². The van der Waals surface area contributed by atoms with Crippen molar-refractivity contribution in [1.29, 1.82) is 0 Å². The molecule has 98 valence electrons. The van der Waals surface area contributed by atoms with Gasteiger partial charge >= 0.3 is 0 Å². The number of furan rings is 1. The van der Waals surface area contributed by atoms with Crippen LogP contribution in [0, 0.1) is 0 Å². The topological polar surface area (TPSA) is 68.3 Å². The van der Waals surface area contributed by atoms with Crippen LogP contribution in [0.4, 0.5) is 5.69 Å². The fourth-order valence-electron chi connectivity index (χ4n) is 1.70. The Hall–Kier alpha value is -2.49. The Balaban J connectivity index is 1.94. The van der Waals surface area contributed by atoms with Crippen LogP contribution in [0.2, 0.25) is 0 Å². The highest BCUT2D eigenvalue weighted by atomic mass is 16.3. The Morgan fingerprint density at radius 1 is 1.37 bits per heavy atom. The van der Waals surface area contributed by atoms with Gasteiger partial charge < -0.3 is 15.5 Å². The second kappa shape index (κ2) is 5.91. The molecular formula is C15H16N2O2. The minimum atomic E-state index is -0.175. The fraction of sp³-hybridized carbons (Fsp3) is 0.133. The minimum Gasteiger partial charge on any atom is -0.467 e. The second-order valence-corrected chi connectivity index (χ2v) is 4.25. The van der Waals surface area contributed by atoms with E-state index in [1.807, 2.05) is 25.1 Å². The summed E-state index contributed by atoms with van der Waals surface area (Å²) in [4.78, 5) is 11.7. The quantitative estimate of drug-likeness (QED) is 0.653. The van der Waals surface area contributed by atoms with Crippen molar-refractivity contribution >= 4 is 17.7 Å². The van der Waals surface area contributed by atoms with Crippen molar-refractivity contribution in [2.24, 2.45) is 0 Å². The average molecular weight is 256 g/mol. The lowest BCUT2D eigenvalue weighted by Gasteiger charge is -2.08. The summed E-state index contributed by atoms with van der Waals surface area (Å²) < 4.78 is 5.22. The highest BCUT2D eigenvalue weighted by Gasteiger charge is 2.09. The third kappa shape index (κ3) is 3.74. The number of nitrogens with one attached hydrogen (secondary N) is 1. The smallest absolute Gasteiger partial charge is 0.244 e. The molecule has 1 aromatic heterocycles. The maximum absolute atomic E-state index is 11.7. The van der Waals surface area contributed by atoms with Gasteiger partial charge in [0.25, 0.3) is 0 Å². The molecule has 3 N–H and O–H groups in total. The molecule has 1 amide bonds. The van der Waals surface area contributed by atoms with E-state index < -0.39 is 0 Å². The van der Waals surface area contributed by atoms with Crippen molar-refractivity contribution in [3.05, 3.63) is 60.1 Å². The summed E-state index contributed by atoms with van der Waals surface area (Å²) in [6, 6.07) is 10.8. The summed E-state index contributed by atoms with van der Waals surface area (Å²) in [6.45, 7) is 1.87. The second-order valence-electron chi connectivity index (χ2n) is 4.25. The zero-order chi connectivity index (χ0) is 13.7. The van der Waals surface area contributed by atoms with Gasteiger partial charge in [-0.3, -0.25) is 4.79 Å². The van der Waals surface area contributed by atoms with Crippen molar-refractivity contribution in [2.45, 2.75) is 13.0 Å². The van der Waals surface area contributed by atoms with Crippen molar-refractivity contribution in [1.82, 2.24) is 5.32 Å². The number of rotatable bonds is 4. The van der Waals surface area contributed by atoms with Crippen LogP contribution >= 0.6 is 0 Å². The summed E-state index contributed by atoms with van der Waals surface area (Å²) >= 11 is 0. The Bertz CT molecular complexity index is 574. The lowest BCUT2D eigenvalue weighted by Crippen LogP contribution is -2.24. The van der Waals surface area contributed by atoms with E-state index >= 15 is 0 Å². The van der Waals surface area contributed by atoms with Gasteiger partial charge in [0.2, 0.25) is 5.91 Å². The van der Waals surface area contributed by atoms with Gasteiger partial charge in [-0.25, -0.2) is 0 Å². The number of anilines is 1. The van der Waals surface area contributed by atoms with Crippen LogP contribution in [-0.2, 0) is 4.79 Å². The molecule has 2 rings (SSSR count). The molecular weight excluding hydrogens is 240 g/mol. The summed E-state index contributed by atoms with van der Waals surface area (Å²) in [7, 11) is 0. The Kier molecular flexibility index (Phi) is 4.03. The summed E-state index contributed by atoms with van der Waals surface area (Å²) in [5.41, 5.74) is 7.23. The van der Waals surface area contributed by atoms with Gasteiger partial charge in [0.05, 0.1) is 12.3 Å². The standard InChI is InChI=1S/C15H16N2O2/c1-11(14-6-3-9-19-14)17-15(18)8-7-12-4-2-5-13(16)10-12/h2-11H,16H2,1H3,(H,17,18)/b8-7+/t11-/m0/s1. The highest BCUT2D eigenvalue weighted by Crippen LogP contribution is 2.12. The highest BCUT2D eigenvalue weighted by molar-refractivity contribution is 5.92. The van der Waals surface area contributed by atoms with Crippen LogP contribution in [0.15, 0.2) is 53.2 Å². The molecule has 0 aliphatic carbocycles. The van der Waals surface area contributed by atoms with Crippen LogP contribution < -0.4 is 11.1 Å². The normalized spacial score (nSPS) is 12.5. The van der Waals surface area contributed by atoms with Crippen LogP contribution in [0.25, 0.3) is 6.08 Å². The maximum atomic E-state index is 11.7. The SMILES string of the molecule is C[C@H](NC(=O)/C=C/c1cccc(N)c1)c1ccco1. The number of carbonyl (C=O) groups is 1. The lowest BCUT2D eigenvalue weighted by molar-refractivity contribution is -0.117. The third-order valence-corrected chi connectivity index (χ3v) is 2.67. The first-order chi connectivity index (χ1) is 9.15. The van der Waals surface area contributed by atoms with Crippen molar-refractivity contribution in [3.8, 4) is 0 Å². The minimum absolute atomic E-state index is 0.159. The molecule has 1 atom stereocenters. The van der Waals surface area contributed by atoms with Gasteiger partial charge in [0.1, 0.15) is 5.76 Å². The molecule has 0 spiro atoms. The number of benzene rings is 1. The summed E-state index contributed by atoms with van der Waals surface area (Å²) in [5, 5.41) is 2.82. The monoisotopic (exact) mass is 256 g/mol. The van der Waals surface area contributed by atoms with Crippen LogP contribution in [0.1, 0.15) is 24.3 Å². The van der Waals surface area contributed by atoms with Crippen LogP contribution in [-0.4, -0.2) is 5.91 Å². The van der Waals surface area contributed by atoms with E-state index in [1.54, 1.807) is 30.5 Å². The molecule has 1 aromatic carbocycles. The first-order valence-corrected chi connectivity index (χ1v) is 6.02. The first kappa shape index (κ1) is 13.0. The number of hydrogen-bond donors (Lipinski definition) is 2. The first-order valence-electron chi connectivity index (χ1n) is 6.02. The number of nitrogen functional groups attached to an aromatic ring is 1. The maximum Gasteiger partial charge on any atom is 0.244 e. The van der Waals surface area contributed by atoms with E-state index in [9.17, 15) is 4.79 Å². The predicted octanol–water partition coefficient (Wildman–Crippen LogP) is 2.75. The predicted molar refractivity (Wildman–Crippen MR) is 75.2 cm³/mol. The summed E-state index contributed by atoms with van der Waals surface area (Å²) in [6.07, 6.45) is 4.79.